The van der Waals surface area contributed by atoms with Crippen LogP contribution in [0.1, 0.15) is 36.0 Å². The van der Waals surface area contributed by atoms with Crippen LogP contribution in [-0.4, -0.2) is 23.3 Å². The van der Waals surface area contributed by atoms with Gasteiger partial charge in [-0.1, -0.05) is 36.4 Å². The van der Waals surface area contributed by atoms with Gasteiger partial charge >= 0.3 is 0 Å². The van der Waals surface area contributed by atoms with Gasteiger partial charge in [0.15, 0.2) is 0 Å². The van der Waals surface area contributed by atoms with Crippen LogP contribution in [-0.2, 0) is 29.0 Å². The van der Waals surface area contributed by atoms with E-state index in [0.717, 1.165) is 43.5 Å². The number of carbonyl (C=O) groups is 2. The Hall–Kier alpha value is -2.62. The molecule has 1 heterocycles. The molecule has 2 amide bonds. The van der Waals surface area contributed by atoms with Gasteiger partial charge in [0.1, 0.15) is 0 Å². The molecule has 2 aliphatic rings. The van der Waals surface area contributed by atoms with E-state index in [1.807, 2.05) is 35.2 Å². The van der Waals surface area contributed by atoms with Gasteiger partial charge in [-0.15, -0.1) is 0 Å². The lowest BCUT2D eigenvalue weighted by atomic mass is 10.0. The van der Waals surface area contributed by atoms with Crippen LogP contribution in [0.3, 0.4) is 0 Å². The van der Waals surface area contributed by atoms with Gasteiger partial charge in [0.25, 0.3) is 0 Å². The number of rotatable bonds is 4. The van der Waals surface area contributed by atoms with Crippen molar-refractivity contribution in [2.45, 2.75) is 38.6 Å². The average Bonchev–Trinajstić information content (AvgIpc) is 3.49. The first-order valence-electron chi connectivity index (χ1n) is 9.43. The van der Waals surface area contributed by atoms with E-state index in [9.17, 15) is 9.59 Å². The quantitative estimate of drug-likeness (QED) is 0.918. The maximum absolute atomic E-state index is 12.7. The molecule has 1 aliphatic carbocycles. The first-order chi connectivity index (χ1) is 12.7. The molecule has 0 saturated heterocycles. The van der Waals surface area contributed by atoms with Crippen LogP contribution in [0.2, 0.25) is 0 Å². The second-order valence-electron chi connectivity index (χ2n) is 7.32. The van der Waals surface area contributed by atoms with Gasteiger partial charge in [0.2, 0.25) is 11.8 Å². The van der Waals surface area contributed by atoms with E-state index in [4.69, 9.17) is 0 Å². The first kappa shape index (κ1) is 16.8. The minimum Gasteiger partial charge on any atom is -0.338 e. The molecule has 1 saturated carbocycles. The van der Waals surface area contributed by atoms with Crippen molar-refractivity contribution < 1.29 is 9.59 Å². The zero-order valence-electron chi connectivity index (χ0n) is 14.9. The van der Waals surface area contributed by atoms with Crippen molar-refractivity contribution in [1.29, 1.82) is 0 Å². The van der Waals surface area contributed by atoms with Crippen LogP contribution in [0.5, 0.6) is 0 Å². The maximum Gasteiger partial charge on any atom is 0.227 e. The van der Waals surface area contributed by atoms with Crippen molar-refractivity contribution in [1.82, 2.24) is 4.90 Å². The molecule has 0 aromatic heterocycles. The summed E-state index contributed by atoms with van der Waals surface area (Å²) in [4.78, 5) is 26.5. The summed E-state index contributed by atoms with van der Waals surface area (Å²) in [5.41, 5.74) is 4.41. The number of fused-ring (bicyclic) bond motifs is 1. The topological polar surface area (TPSA) is 49.4 Å². The molecule has 1 aliphatic heterocycles. The molecule has 4 nitrogen and oxygen atoms in total. The number of hydrogen-bond donors (Lipinski definition) is 1. The molecular weight excluding hydrogens is 324 g/mol. The van der Waals surface area contributed by atoms with Crippen molar-refractivity contribution in [3.63, 3.8) is 0 Å². The van der Waals surface area contributed by atoms with E-state index in [-0.39, 0.29) is 17.7 Å². The standard InChI is InChI=1S/C22H24N2O2/c25-21(24-13-3-6-17-4-1-2-5-19(17)15-24)14-16-7-11-20(12-8-16)23-22(26)18-9-10-18/h1-2,4-5,7-8,11-12,18H,3,6,9-10,13-15H2,(H,23,26). The Balaban J connectivity index is 1.37. The smallest absolute Gasteiger partial charge is 0.227 e. The summed E-state index contributed by atoms with van der Waals surface area (Å²) in [6.45, 7) is 1.51. The van der Waals surface area contributed by atoms with Crippen molar-refractivity contribution in [2.75, 3.05) is 11.9 Å². The summed E-state index contributed by atoms with van der Waals surface area (Å²) >= 11 is 0. The van der Waals surface area contributed by atoms with Gasteiger partial charge in [-0.3, -0.25) is 9.59 Å². The molecule has 134 valence electrons. The maximum atomic E-state index is 12.7. The van der Waals surface area contributed by atoms with Gasteiger partial charge in [-0.25, -0.2) is 0 Å². The Labute approximate surface area is 154 Å². The van der Waals surface area contributed by atoms with E-state index < -0.39 is 0 Å². The molecule has 0 atom stereocenters. The molecule has 0 spiro atoms. The number of amides is 2. The number of nitrogens with zero attached hydrogens (tertiary/aromatic N) is 1. The van der Waals surface area contributed by atoms with Gasteiger partial charge in [-0.05, 0) is 54.5 Å². The second kappa shape index (κ2) is 7.32. The summed E-state index contributed by atoms with van der Waals surface area (Å²) in [7, 11) is 0. The third kappa shape index (κ3) is 3.96. The molecule has 0 bridgehead atoms. The predicted octanol–water partition coefficient (Wildman–Crippen LogP) is 3.55. The van der Waals surface area contributed by atoms with Gasteiger partial charge in [0.05, 0.1) is 6.42 Å². The molecule has 26 heavy (non-hydrogen) atoms. The van der Waals surface area contributed by atoms with Crippen LogP contribution in [0.4, 0.5) is 5.69 Å². The molecule has 1 N–H and O–H groups in total. The van der Waals surface area contributed by atoms with Crippen LogP contribution in [0.15, 0.2) is 48.5 Å². The monoisotopic (exact) mass is 348 g/mol. The van der Waals surface area contributed by atoms with Gasteiger partial charge < -0.3 is 10.2 Å². The summed E-state index contributed by atoms with van der Waals surface area (Å²) in [6.07, 6.45) is 4.44. The van der Waals surface area contributed by atoms with E-state index in [1.54, 1.807) is 0 Å². The minimum atomic E-state index is 0.108. The number of benzene rings is 2. The summed E-state index contributed by atoms with van der Waals surface area (Å²) in [5, 5.41) is 2.93. The van der Waals surface area contributed by atoms with Crippen molar-refractivity contribution in [2.24, 2.45) is 5.92 Å². The van der Waals surface area contributed by atoms with E-state index in [1.165, 1.54) is 11.1 Å². The van der Waals surface area contributed by atoms with Crippen molar-refractivity contribution in [3.8, 4) is 0 Å². The third-order valence-corrected chi connectivity index (χ3v) is 5.23. The van der Waals surface area contributed by atoms with Crippen molar-refractivity contribution >= 4 is 17.5 Å². The lowest BCUT2D eigenvalue weighted by Gasteiger charge is -2.21. The Bertz CT molecular complexity index is 809. The molecular formula is C22H24N2O2. The van der Waals surface area contributed by atoms with E-state index in [0.29, 0.717) is 13.0 Å². The highest BCUT2D eigenvalue weighted by atomic mass is 16.2. The fraction of sp³-hybridized carbons (Fsp3) is 0.364. The number of carbonyl (C=O) groups excluding carboxylic acids is 2. The molecule has 4 heteroatoms. The Morgan fingerprint density at radius 2 is 1.73 bits per heavy atom. The normalized spacial score (nSPS) is 16.5. The first-order valence-corrected chi connectivity index (χ1v) is 9.43. The number of nitrogens with one attached hydrogen (secondary N) is 1. The summed E-state index contributed by atoms with van der Waals surface area (Å²) < 4.78 is 0. The molecule has 0 unspecified atom stereocenters. The lowest BCUT2D eigenvalue weighted by molar-refractivity contribution is -0.131. The highest BCUT2D eigenvalue weighted by Crippen LogP contribution is 2.30. The van der Waals surface area contributed by atoms with Gasteiger partial charge in [0, 0.05) is 24.7 Å². The Morgan fingerprint density at radius 3 is 2.46 bits per heavy atom. The number of hydrogen-bond acceptors (Lipinski definition) is 2. The van der Waals surface area contributed by atoms with E-state index in [2.05, 4.69) is 23.5 Å². The van der Waals surface area contributed by atoms with Crippen molar-refractivity contribution in [3.05, 3.63) is 65.2 Å². The van der Waals surface area contributed by atoms with Crippen LogP contribution in [0.25, 0.3) is 0 Å². The predicted molar refractivity (Wildman–Crippen MR) is 102 cm³/mol. The van der Waals surface area contributed by atoms with Crippen LogP contribution >= 0.6 is 0 Å². The molecule has 2 aromatic rings. The SMILES string of the molecule is O=C(Nc1ccc(CC(=O)N2CCCc3ccccc3C2)cc1)C1CC1. The number of anilines is 1. The largest absolute Gasteiger partial charge is 0.338 e. The highest BCUT2D eigenvalue weighted by Gasteiger charge is 2.29. The molecule has 1 fully saturated rings. The van der Waals surface area contributed by atoms with E-state index >= 15 is 0 Å². The molecule has 2 aromatic carbocycles. The average molecular weight is 348 g/mol. The Kier molecular flexibility index (Phi) is 4.74. The fourth-order valence-corrected chi connectivity index (χ4v) is 3.50. The third-order valence-electron chi connectivity index (χ3n) is 5.23. The summed E-state index contributed by atoms with van der Waals surface area (Å²) in [5.74, 6) is 0.468. The van der Waals surface area contributed by atoms with Crippen LogP contribution in [0, 0.1) is 5.92 Å². The number of aryl methyl sites for hydroxylation is 1. The fourth-order valence-electron chi connectivity index (χ4n) is 3.50. The zero-order chi connectivity index (χ0) is 17.9. The lowest BCUT2D eigenvalue weighted by Crippen LogP contribution is -2.32. The minimum absolute atomic E-state index is 0.108. The van der Waals surface area contributed by atoms with Gasteiger partial charge in [-0.2, -0.15) is 0 Å². The molecule has 4 rings (SSSR count). The molecule has 0 radical (unpaired) electrons. The van der Waals surface area contributed by atoms with Crippen LogP contribution < -0.4 is 5.32 Å². The Morgan fingerprint density at radius 1 is 1.00 bits per heavy atom. The summed E-state index contributed by atoms with van der Waals surface area (Å²) in [6, 6.07) is 16.1. The zero-order valence-corrected chi connectivity index (χ0v) is 14.9. The highest BCUT2D eigenvalue weighted by molar-refractivity contribution is 5.94. The second-order valence-corrected chi connectivity index (χ2v) is 7.32.